The van der Waals surface area contributed by atoms with Gasteiger partial charge in [-0.25, -0.2) is 0 Å². The van der Waals surface area contributed by atoms with Gasteiger partial charge in [-0.2, -0.15) is 0 Å². The zero-order chi connectivity index (χ0) is 22.6. The van der Waals surface area contributed by atoms with Crippen molar-refractivity contribution in [3.05, 3.63) is 60.2 Å². The van der Waals surface area contributed by atoms with Gasteiger partial charge >= 0.3 is 0 Å². The molecule has 1 aliphatic rings. The minimum atomic E-state index is -0.532. The Labute approximate surface area is 191 Å². The molecule has 0 aliphatic carbocycles. The first-order valence-electron chi connectivity index (χ1n) is 11.5. The van der Waals surface area contributed by atoms with Crippen LogP contribution in [0.4, 0.5) is 0 Å². The fourth-order valence-corrected chi connectivity index (χ4v) is 3.72. The zero-order valence-electron chi connectivity index (χ0n) is 19.0. The summed E-state index contributed by atoms with van der Waals surface area (Å²) in [6.45, 7) is 9.36. The molecule has 0 amide bonds. The maximum atomic E-state index is 10.3. The van der Waals surface area contributed by atoms with Crippen molar-refractivity contribution in [2.24, 2.45) is 0 Å². The number of benzene rings is 2. The number of β-amino-alcohol motifs (C(OH)–C–C–N with tert-alkyl or cyclic N) is 1. The molecule has 0 spiro atoms. The molecular formula is C25H37N3O4. The van der Waals surface area contributed by atoms with Gasteiger partial charge in [-0.15, -0.1) is 0 Å². The highest BCUT2D eigenvalue weighted by atomic mass is 16.5. The third-order valence-corrected chi connectivity index (χ3v) is 5.63. The quantitative estimate of drug-likeness (QED) is 0.404. The van der Waals surface area contributed by atoms with Crippen molar-refractivity contribution < 1.29 is 19.7 Å². The van der Waals surface area contributed by atoms with E-state index in [0.29, 0.717) is 19.7 Å². The molecule has 1 heterocycles. The number of aryl methyl sites for hydroxylation is 1. The molecule has 0 unspecified atom stereocenters. The highest BCUT2D eigenvalue weighted by molar-refractivity contribution is 5.31. The van der Waals surface area contributed by atoms with Crippen molar-refractivity contribution in [2.45, 2.75) is 19.1 Å². The first-order valence-corrected chi connectivity index (χ1v) is 11.5. The topological polar surface area (TPSA) is 77.4 Å². The van der Waals surface area contributed by atoms with Gasteiger partial charge in [0, 0.05) is 52.4 Å². The normalized spacial score (nSPS) is 17.1. The van der Waals surface area contributed by atoms with Crippen LogP contribution in [0.5, 0.6) is 11.5 Å². The number of aliphatic hydroxyl groups is 2. The van der Waals surface area contributed by atoms with E-state index < -0.39 is 12.2 Å². The lowest BCUT2D eigenvalue weighted by Crippen LogP contribution is -2.50. The van der Waals surface area contributed by atoms with Crippen molar-refractivity contribution in [3.8, 4) is 11.5 Å². The molecule has 1 fully saturated rings. The van der Waals surface area contributed by atoms with Crippen molar-refractivity contribution >= 4 is 0 Å². The minimum Gasteiger partial charge on any atom is -0.491 e. The maximum Gasteiger partial charge on any atom is 0.122 e. The van der Waals surface area contributed by atoms with Crippen LogP contribution in [0.15, 0.2) is 54.6 Å². The molecule has 1 saturated heterocycles. The average molecular weight is 444 g/mol. The molecular weight excluding hydrogens is 406 g/mol. The van der Waals surface area contributed by atoms with E-state index in [1.54, 1.807) is 0 Å². The lowest BCUT2D eigenvalue weighted by Gasteiger charge is -2.35. The SMILES string of the molecule is Cc1ccccc1OC[C@H](O)CN1CCN(CCNC[C@@H](O)COc2ccccc2)CC1. The molecule has 2 aromatic rings. The molecule has 7 heteroatoms. The van der Waals surface area contributed by atoms with Crippen LogP contribution in [0.25, 0.3) is 0 Å². The standard InChI is InChI=1S/C25H37N3O4/c1-21-7-5-6-10-25(21)32-20-23(30)18-28-15-13-27(14-16-28)12-11-26-17-22(29)19-31-24-8-3-2-4-9-24/h2-10,22-23,26,29-30H,11-20H2,1H3/t22-,23-/m1/s1. The Morgan fingerprint density at radius 1 is 0.844 bits per heavy atom. The largest absolute Gasteiger partial charge is 0.491 e. The number of ether oxygens (including phenoxy) is 2. The zero-order valence-corrected chi connectivity index (χ0v) is 19.0. The van der Waals surface area contributed by atoms with E-state index in [1.165, 1.54) is 0 Å². The summed E-state index contributed by atoms with van der Waals surface area (Å²) in [6, 6.07) is 17.4. The summed E-state index contributed by atoms with van der Waals surface area (Å²) in [6.07, 6.45) is -1.03. The predicted molar refractivity (Wildman–Crippen MR) is 126 cm³/mol. The van der Waals surface area contributed by atoms with Crippen LogP contribution in [-0.4, -0.2) is 97.8 Å². The molecule has 2 aromatic carbocycles. The molecule has 0 aromatic heterocycles. The fourth-order valence-electron chi connectivity index (χ4n) is 3.72. The molecule has 0 bridgehead atoms. The molecule has 3 rings (SSSR count). The Hall–Kier alpha value is -2.16. The third-order valence-electron chi connectivity index (χ3n) is 5.63. The van der Waals surface area contributed by atoms with E-state index >= 15 is 0 Å². The summed E-state index contributed by atoms with van der Waals surface area (Å²) in [7, 11) is 0. The van der Waals surface area contributed by atoms with E-state index in [2.05, 4.69) is 15.1 Å². The van der Waals surface area contributed by atoms with Crippen LogP contribution >= 0.6 is 0 Å². The highest BCUT2D eigenvalue weighted by Gasteiger charge is 2.19. The molecule has 2 atom stereocenters. The van der Waals surface area contributed by atoms with E-state index in [0.717, 1.165) is 56.3 Å². The van der Waals surface area contributed by atoms with Crippen molar-refractivity contribution in [1.29, 1.82) is 0 Å². The first-order chi connectivity index (χ1) is 15.6. The van der Waals surface area contributed by atoms with Crippen molar-refractivity contribution in [1.82, 2.24) is 15.1 Å². The van der Waals surface area contributed by atoms with Crippen LogP contribution in [-0.2, 0) is 0 Å². The van der Waals surface area contributed by atoms with Crippen LogP contribution < -0.4 is 14.8 Å². The second kappa shape index (κ2) is 13.4. The highest BCUT2D eigenvalue weighted by Crippen LogP contribution is 2.16. The van der Waals surface area contributed by atoms with Crippen LogP contribution in [0.1, 0.15) is 5.56 Å². The molecule has 1 aliphatic heterocycles. The summed E-state index contributed by atoms with van der Waals surface area (Å²) in [4.78, 5) is 4.70. The summed E-state index contributed by atoms with van der Waals surface area (Å²) in [5.74, 6) is 1.61. The Bertz CT molecular complexity index is 769. The third kappa shape index (κ3) is 8.76. The van der Waals surface area contributed by atoms with Gasteiger partial charge in [-0.1, -0.05) is 36.4 Å². The van der Waals surface area contributed by atoms with Crippen LogP contribution in [0.2, 0.25) is 0 Å². The van der Waals surface area contributed by atoms with Crippen molar-refractivity contribution in [2.75, 3.05) is 65.6 Å². The molecule has 7 nitrogen and oxygen atoms in total. The summed E-state index contributed by atoms with van der Waals surface area (Å²) >= 11 is 0. The predicted octanol–water partition coefficient (Wildman–Crippen LogP) is 1.38. The number of rotatable bonds is 13. The van der Waals surface area contributed by atoms with Gasteiger partial charge in [-0.3, -0.25) is 9.80 Å². The Balaban J connectivity index is 1.21. The number of hydrogen-bond acceptors (Lipinski definition) is 7. The van der Waals surface area contributed by atoms with E-state index in [4.69, 9.17) is 9.47 Å². The van der Waals surface area contributed by atoms with E-state index in [1.807, 2.05) is 61.5 Å². The van der Waals surface area contributed by atoms with Gasteiger partial charge in [0.1, 0.15) is 36.9 Å². The van der Waals surface area contributed by atoms with Gasteiger partial charge in [-0.05, 0) is 30.7 Å². The van der Waals surface area contributed by atoms with Crippen molar-refractivity contribution in [3.63, 3.8) is 0 Å². The van der Waals surface area contributed by atoms with Gasteiger partial charge in [0.2, 0.25) is 0 Å². The summed E-state index contributed by atoms with van der Waals surface area (Å²) < 4.78 is 11.3. The second-order valence-electron chi connectivity index (χ2n) is 8.35. The number of piperazine rings is 1. The number of nitrogens with one attached hydrogen (secondary N) is 1. The Morgan fingerprint density at radius 2 is 1.50 bits per heavy atom. The Morgan fingerprint density at radius 3 is 2.25 bits per heavy atom. The number of hydrogen-bond donors (Lipinski definition) is 3. The average Bonchev–Trinajstić information content (AvgIpc) is 2.82. The van der Waals surface area contributed by atoms with Crippen LogP contribution in [0.3, 0.4) is 0 Å². The molecule has 0 radical (unpaired) electrons. The molecule has 176 valence electrons. The Kier molecular flexibility index (Phi) is 10.3. The van der Waals surface area contributed by atoms with Gasteiger partial charge < -0.3 is 25.0 Å². The first kappa shape index (κ1) is 24.5. The number of para-hydroxylation sites is 2. The second-order valence-corrected chi connectivity index (χ2v) is 8.35. The lowest BCUT2D eigenvalue weighted by molar-refractivity contribution is 0.0458. The van der Waals surface area contributed by atoms with Gasteiger partial charge in [0.25, 0.3) is 0 Å². The van der Waals surface area contributed by atoms with Crippen LogP contribution in [0, 0.1) is 6.92 Å². The number of nitrogens with zero attached hydrogens (tertiary/aromatic N) is 2. The monoisotopic (exact) mass is 443 g/mol. The summed E-state index contributed by atoms with van der Waals surface area (Å²) in [5, 5.41) is 23.7. The van der Waals surface area contributed by atoms with Gasteiger partial charge in [0.05, 0.1) is 0 Å². The smallest absolute Gasteiger partial charge is 0.122 e. The minimum absolute atomic E-state index is 0.283. The molecule has 0 saturated carbocycles. The molecule has 3 N–H and O–H groups in total. The molecule has 32 heavy (non-hydrogen) atoms. The number of aliphatic hydroxyl groups excluding tert-OH is 2. The fraction of sp³-hybridized carbons (Fsp3) is 0.520. The van der Waals surface area contributed by atoms with E-state index in [9.17, 15) is 10.2 Å². The maximum absolute atomic E-state index is 10.3. The van der Waals surface area contributed by atoms with E-state index in [-0.39, 0.29) is 6.61 Å². The lowest BCUT2D eigenvalue weighted by atomic mass is 10.2. The van der Waals surface area contributed by atoms with Gasteiger partial charge in [0.15, 0.2) is 0 Å². The summed E-state index contributed by atoms with van der Waals surface area (Å²) in [5.41, 5.74) is 1.08.